The summed E-state index contributed by atoms with van der Waals surface area (Å²) in [6.07, 6.45) is 9.22. The molecule has 2 saturated heterocycles. The molecule has 1 spiro atoms. The van der Waals surface area contributed by atoms with E-state index in [1.807, 2.05) is 36.5 Å². The lowest BCUT2D eigenvalue weighted by molar-refractivity contribution is -0.123. The van der Waals surface area contributed by atoms with Crippen molar-refractivity contribution in [2.45, 2.75) is 25.3 Å². The average molecular weight is 352 g/mol. The van der Waals surface area contributed by atoms with Gasteiger partial charge in [-0.15, -0.1) is 0 Å². The first-order valence-corrected chi connectivity index (χ1v) is 9.09. The van der Waals surface area contributed by atoms with Crippen molar-refractivity contribution in [1.82, 2.24) is 19.9 Å². The molecule has 1 amide bonds. The number of carbonyl (C=O) groups is 1. The van der Waals surface area contributed by atoms with Crippen molar-refractivity contribution in [2.24, 2.45) is 0 Å². The van der Waals surface area contributed by atoms with Crippen molar-refractivity contribution in [3.63, 3.8) is 0 Å². The van der Waals surface area contributed by atoms with Gasteiger partial charge in [0.2, 0.25) is 11.9 Å². The summed E-state index contributed by atoms with van der Waals surface area (Å²) in [6.45, 7) is 4.89. The van der Waals surface area contributed by atoms with Crippen LogP contribution >= 0.6 is 0 Å². The molecule has 2 aromatic rings. The van der Waals surface area contributed by atoms with Gasteiger partial charge in [-0.2, -0.15) is 0 Å². The second-order valence-electron chi connectivity index (χ2n) is 7.19. The van der Waals surface area contributed by atoms with Gasteiger partial charge < -0.3 is 9.80 Å². The third kappa shape index (κ3) is 2.92. The second-order valence-corrected chi connectivity index (χ2v) is 7.19. The fourth-order valence-corrected chi connectivity index (χ4v) is 3.87. The summed E-state index contributed by atoms with van der Waals surface area (Å²) < 4.78 is 0. The molecule has 0 bridgehead atoms. The molecule has 1 atom stereocenters. The Kier molecular flexibility index (Phi) is 4.32. The van der Waals surface area contributed by atoms with Crippen LogP contribution in [0.25, 0.3) is 0 Å². The molecule has 7 nitrogen and oxygen atoms in total. The molecule has 0 aromatic carbocycles. The number of aromatic nitrogens is 3. The van der Waals surface area contributed by atoms with Gasteiger partial charge in [-0.25, -0.2) is 9.97 Å². The van der Waals surface area contributed by atoms with Crippen LogP contribution in [0.15, 0.2) is 36.9 Å². The highest BCUT2D eigenvalue weighted by atomic mass is 16.2. The number of hydrogen-bond donors (Lipinski definition) is 0. The summed E-state index contributed by atoms with van der Waals surface area (Å²) in [7, 11) is 2.04. The number of aryl methyl sites for hydroxylation is 1. The molecule has 0 saturated carbocycles. The molecule has 4 heterocycles. The molecule has 2 aromatic heterocycles. The van der Waals surface area contributed by atoms with Crippen LogP contribution in [0.1, 0.15) is 18.9 Å². The largest absolute Gasteiger partial charge is 0.339 e. The first-order valence-electron chi connectivity index (χ1n) is 9.09. The van der Waals surface area contributed by atoms with Gasteiger partial charge in [0, 0.05) is 38.2 Å². The monoisotopic (exact) mass is 352 g/mol. The third-order valence-corrected chi connectivity index (χ3v) is 5.61. The molecule has 0 N–H and O–H groups in total. The smallest absolute Gasteiger partial charge is 0.241 e. The van der Waals surface area contributed by atoms with Gasteiger partial charge in [0.1, 0.15) is 0 Å². The molecular weight excluding hydrogens is 328 g/mol. The van der Waals surface area contributed by atoms with E-state index in [2.05, 4.69) is 31.7 Å². The van der Waals surface area contributed by atoms with Crippen LogP contribution in [0.2, 0.25) is 0 Å². The minimum Gasteiger partial charge on any atom is -0.339 e. The van der Waals surface area contributed by atoms with E-state index in [1.54, 1.807) is 12.4 Å². The predicted octanol–water partition coefficient (Wildman–Crippen LogP) is 1.36. The van der Waals surface area contributed by atoms with E-state index in [4.69, 9.17) is 0 Å². The highest BCUT2D eigenvalue weighted by Crippen LogP contribution is 2.34. The molecule has 2 aliphatic heterocycles. The summed E-state index contributed by atoms with van der Waals surface area (Å²) in [5.74, 6) is 0.894. The van der Waals surface area contributed by atoms with E-state index in [0.29, 0.717) is 13.1 Å². The number of pyridine rings is 1. The first kappa shape index (κ1) is 16.9. The molecular formula is C19H24N6O. The molecule has 0 aliphatic carbocycles. The summed E-state index contributed by atoms with van der Waals surface area (Å²) in [5.41, 5.74) is 1.93. The number of likely N-dealkylation sites (N-methyl/N-ethyl adjacent to an activating group) is 1. The van der Waals surface area contributed by atoms with Crippen molar-refractivity contribution in [2.75, 3.05) is 43.0 Å². The van der Waals surface area contributed by atoms with Crippen molar-refractivity contribution in [3.8, 4) is 0 Å². The first-order chi connectivity index (χ1) is 12.6. The summed E-state index contributed by atoms with van der Waals surface area (Å²) in [6, 6.07) is 3.82. The van der Waals surface area contributed by atoms with E-state index in [-0.39, 0.29) is 11.4 Å². The lowest BCUT2D eigenvalue weighted by Gasteiger charge is -2.46. The second kappa shape index (κ2) is 6.64. The maximum absolute atomic E-state index is 12.6. The zero-order valence-electron chi connectivity index (χ0n) is 15.3. The minimum absolute atomic E-state index is 0.0868. The van der Waals surface area contributed by atoms with Crippen molar-refractivity contribution < 1.29 is 4.79 Å². The molecule has 0 radical (unpaired) electrons. The Bertz CT molecular complexity index is 780. The Morgan fingerprint density at radius 1 is 1.19 bits per heavy atom. The highest BCUT2D eigenvalue weighted by molar-refractivity contribution is 5.95. The Balaban J connectivity index is 1.56. The van der Waals surface area contributed by atoms with E-state index in [9.17, 15) is 4.79 Å². The number of anilines is 2. The van der Waals surface area contributed by atoms with Crippen LogP contribution in [-0.2, 0) is 11.2 Å². The van der Waals surface area contributed by atoms with Crippen molar-refractivity contribution in [3.05, 3.63) is 42.5 Å². The molecule has 2 fully saturated rings. The highest BCUT2D eigenvalue weighted by Gasteiger charge is 2.48. The van der Waals surface area contributed by atoms with Gasteiger partial charge in [-0.05, 0) is 37.6 Å². The molecule has 136 valence electrons. The molecule has 26 heavy (non-hydrogen) atoms. The quantitative estimate of drug-likeness (QED) is 0.831. The van der Waals surface area contributed by atoms with E-state index in [1.165, 1.54) is 0 Å². The number of rotatable bonds is 3. The summed E-state index contributed by atoms with van der Waals surface area (Å²) in [5, 5.41) is 0. The van der Waals surface area contributed by atoms with Gasteiger partial charge in [0.25, 0.3) is 0 Å². The molecule has 2 aliphatic rings. The lowest BCUT2D eigenvalue weighted by Crippen LogP contribution is -2.64. The van der Waals surface area contributed by atoms with Crippen LogP contribution in [0.5, 0.6) is 0 Å². The standard InChI is InChI=1S/C19H24N6O/c1-3-15-9-21-18(22-10-15)24-8-6-19(13-24)14-25(17(26)12-23(19)2)16-5-4-7-20-11-16/h4-5,7,9-11H,3,6,8,12-14H2,1-2H3/t19-/m1/s1. The van der Waals surface area contributed by atoms with E-state index in [0.717, 1.165) is 43.1 Å². The Labute approximate surface area is 153 Å². The normalized spacial score (nSPS) is 23.8. The zero-order valence-corrected chi connectivity index (χ0v) is 15.3. The number of hydrogen-bond acceptors (Lipinski definition) is 6. The Morgan fingerprint density at radius 2 is 2.00 bits per heavy atom. The van der Waals surface area contributed by atoms with Crippen LogP contribution in [0.3, 0.4) is 0 Å². The van der Waals surface area contributed by atoms with E-state index >= 15 is 0 Å². The van der Waals surface area contributed by atoms with Gasteiger partial charge in [0.05, 0.1) is 24.0 Å². The average Bonchev–Trinajstić information content (AvgIpc) is 3.11. The number of amides is 1. The minimum atomic E-state index is -0.0868. The molecule has 7 heteroatoms. The fourth-order valence-electron chi connectivity index (χ4n) is 3.87. The number of nitrogens with zero attached hydrogens (tertiary/aromatic N) is 6. The SMILES string of the molecule is CCc1cnc(N2CC[C@@]3(C2)CN(c2cccnc2)C(=O)CN3C)nc1. The van der Waals surface area contributed by atoms with Gasteiger partial charge in [-0.1, -0.05) is 6.92 Å². The van der Waals surface area contributed by atoms with E-state index < -0.39 is 0 Å². The van der Waals surface area contributed by atoms with Crippen LogP contribution < -0.4 is 9.80 Å². The van der Waals surface area contributed by atoms with Gasteiger partial charge in [-0.3, -0.25) is 14.7 Å². The fraction of sp³-hybridized carbons (Fsp3) is 0.474. The maximum Gasteiger partial charge on any atom is 0.241 e. The van der Waals surface area contributed by atoms with Crippen LogP contribution in [-0.4, -0.2) is 64.5 Å². The zero-order chi connectivity index (χ0) is 18.1. The number of carbonyl (C=O) groups excluding carboxylic acids is 1. The van der Waals surface area contributed by atoms with Gasteiger partial charge in [0.15, 0.2) is 0 Å². The molecule has 4 rings (SSSR count). The Morgan fingerprint density at radius 3 is 2.69 bits per heavy atom. The van der Waals surface area contributed by atoms with Gasteiger partial charge >= 0.3 is 0 Å². The topological polar surface area (TPSA) is 65.5 Å². The summed E-state index contributed by atoms with van der Waals surface area (Å²) >= 11 is 0. The Hall–Kier alpha value is -2.54. The molecule has 0 unspecified atom stereocenters. The number of piperazine rings is 1. The van der Waals surface area contributed by atoms with Crippen LogP contribution in [0, 0.1) is 0 Å². The summed E-state index contributed by atoms with van der Waals surface area (Å²) in [4.78, 5) is 32.1. The third-order valence-electron chi connectivity index (χ3n) is 5.61. The maximum atomic E-state index is 12.6. The van der Waals surface area contributed by atoms with Crippen molar-refractivity contribution >= 4 is 17.5 Å². The predicted molar refractivity (Wildman–Crippen MR) is 100 cm³/mol. The van der Waals surface area contributed by atoms with Crippen molar-refractivity contribution in [1.29, 1.82) is 0 Å². The van der Waals surface area contributed by atoms with Crippen LogP contribution in [0.4, 0.5) is 11.6 Å². The lowest BCUT2D eigenvalue weighted by atomic mass is 9.92.